The quantitative estimate of drug-likeness (QED) is 0.815. The van der Waals surface area contributed by atoms with Gasteiger partial charge in [-0.15, -0.1) is 0 Å². The highest BCUT2D eigenvalue weighted by atomic mass is 79.9. The van der Waals surface area contributed by atoms with Crippen molar-refractivity contribution in [1.82, 2.24) is 9.55 Å². The fourth-order valence-electron chi connectivity index (χ4n) is 1.04. The lowest BCUT2D eigenvalue weighted by atomic mass is 10.4. The van der Waals surface area contributed by atoms with Crippen LogP contribution in [-0.2, 0) is 13.0 Å². The second kappa shape index (κ2) is 3.72. The molecule has 0 spiro atoms. The van der Waals surface area contributed by atoms with Gasteiger partial charge in [-0.05, 0) is 38.8 Å². The molecule has 0 bridgehead atoms. The largest absolute Gasteiger partial charge is 0.322 e. The van der Waals surface area contributed by atoms with E-state index in [0.717, 1.165) is 28.0 Å². The normalized spacial score (nSPS) is 10.5. The first-order valence-electron chi connectivity index (χ1n) is 3.61. The lowest BCUT2D eigenvalue weighted by Gasteiger charge is -2.02. The first-order chi connectivity index (χ1) is 5.20. The third kappa shape index (κ3) is 1.67. The number of aromatic nitrogens is 2. The SMILES string of the molecule is CCc1nc(Br)c(Br)n1CC. The van der Waals surface area contributed by atoms with E-state index in [-0.39, 0.29) is 0 Å². The van der Waals surface area contributed by atoms with Crippen molar-refractivity contribution in [1.29, 1.82) is 0 Å². The lowest BCUT2D eigenvalue weighted by Crippen LogP contribution is -2.00. The van der Waals surface area contributed by atoms with E-state index < -0.39 is 0 Å². The summed E-state index contributed by atoms with van der Waals surface area (Å²) in [5.41, 5.74) is 0. The van der Waals surface area contributed by atoms with Crippen LogP contribution in [0.3, 0.4) is 0 Å². The summed E-state index contributed by atoms with van der Waals surface area (Å²) >= 11 is 6.83. The average Bonchev–Trinajstić information content (AvgIpc) is 2.28. The molecular weight excluding hydrogens is 272 g/mol. The molecule has 1 aromatic rings. The van der Waals surface area contributed by atoms with Crippen molar-refractivity contribution in [2.45, 2.75) is 26.8 Å². The minimum atomic E-state index is 0.899. The fraction of sp³-hybridized carbons (Fsp3) is 0.571. The van der Waals surface area contributed by atoms with E-state index in [4.69, 9.17) is 0 Å². The van der Waals surface area contributed by atoms with Gasteiger partial charge < -0.3 is 4.57 Å². The lowest BCUT2D eigenvalue weighted by molar-refractivity contribution is 0.692. The molecule has 0 aliphatic heterocycles. The van der Waals surface area contributed by atoms with Gasteiger partial charge in [-0.3, -0.25) is 0 Å². The topological polar surface area (TPSA) is 17.8 Å². The Bertz CT molecular complexity index is 255. The molecule has 4 heteroatoms. The van der Waals surface area contributed by atoms with Crippen LogP contribution in [0.5, 0.6) is 0 Å². The summed E-state index contributed by atoms with van der Waals surface area (Å²) in [5.74, 6) is 1.12. The van der Waals surface area contributed by atoms with Gasteiger partial charge in [0.25, 0.3) is 0 Å². The van der Waals surface area contributed by atoms with Gasteiger partial charge in [0.15, 0.2) is 0 Å². The standard InChI is InChI=1S/C7H10Br2N2/c1-3-5-10-6(8)7(9)11(5)4-2/h3-4H2,1-2H3. The van der Waals surface area contributed by atoms with Crippen molar-refractivity contribution in [2.75, 3.05) is 0 Å². The summed E-state index contributed by atoms with van der Waals surface area (Å²) in [4.78, 5) is 4.33. The zero-order chi connectivity index (χ0) is 8.43. The molecule has 0 N–H and O–H groups in total. The molecule has 1 heterocycles. The fourth-order valence-corrected chi connectivity index (χ4v) is 2.00. The Hall–Kier alpha value is 0.170. The Kier molecular flexibility index (Phi) is 3.13. The molecule has 0 aliphatic carbocycles. The predicted octanol–water partition coefficient (Wildman–Crippen LogP) is 2.99. The van der Waals surface area contributed by atoms with Gasteiger partial charge in [-0.1, -0.05) is 6.92 Å². The van der Waals surface area contributed by atoms with Crippen molar-refractivity contribution in [3.63, 3.8) is 0 Å². The number of nitrogens with zero attached hydrogens (tertiary/aromatic N) is 2. The van der Waals surface area contributed by atoms with E-state index in [1.54, 1.807) is 0 Å². The maximum absolute atomic E-state index is 4.33. The second-order valence-corrected chi connectivity index (χ2v) is 3.71. The summed E-state index contributed by atoms with van der Waals surface area (Å²) in [6.45, 7) is 5.17. The van der Waals surface area contributed by atoms with Crippen LogP contribution in [0.4, 0.5) is 0 Å². The summed E-state index contributed by atoms with van der Waals surface area (Å²) in [6.07, 6.45) is 0.970. The van der Waals surface area contributed by atoms with Crippen LogP contribution >= 0.6 is 31.9 Å². The Morgan fingerprint density at radius 3 is 2.36 bits per heavy atom. The van der Waals surface area contributed by atoms with Crippen LogP contribution < -0.4 is 0 Å². The first kappa shape index (κ1) is 9.26. The van der Waals surface area contributed by atoms with Crippen LogP contribution in [0.2, 0.25) is 0 Å². The first-order valence-corrected chi connectivity index (χ1v) is 5.19. The number of hydrogen-bond acceptors (Lipinski definition) is 1. The monoisotopic (exact) mass is 280 g/mol. The van der Waals surface area contributed by atoms with Crippen LogP contribution in [0, 0.1) is 0 Å². The summed E-state index contributed by atoms with van der Waals surface area (Å²) in [6, 6.07) is 0. The Labute approximate surface area is 83.3 Å². The van der Waals surface area contributed by atoms with Gasteiger partial charge in [-0.25, -0.2) is 4.98 Å². The van der Waals surface area contributed by atoms with Gasteiger partial charge in [-0.2, -0.15) is 0 Å². The third-order valence-corrected chi connectivity index (χ3v) is 3.47. The van der Waals surface area contributed by atoms with Gasteiger partial charge in [0, 0.05) is 13.0 Å². The summed E-state index contributed by atoms with van der Waals surface area (Å²) in [5, 5.41) is 0. The molecule has 62 valence electrons. The number of imidazole rings is 1. The minimum absolute atomic E-state index is 0.899. The summed E-state index contributed by atoms with van der Waals surface area (Å²) in [7, 11) is 0. The highest BCUT2D eigenvalue weighted by Crippen LogP contribution is 2.23. The number of hydrogen-bond donors (Lipinski definition) is 0. The summed E-state index contributed by atoms with van der Waals surface area (Å²) < 4.78 is 4.08. The Morgan fingerprint density at radius 2 is 2.00 bits per heavy atom. The van der Waals surface area contributed by atoms with E-state index in [2.05, 4.69) is 55.3 Å². The molecule has 1 rings (SSSR count). The van der Waals surface area contributed by atoms with Crippen LogP contribution in [0.1, 0.15) is 19.7 Å². The van der Waals surface area contributed by atoms with E-state index in [0.29, 0.717) is 0 Å². The van der Waals surface area contributed by atoms with Crippen LogP contribution in [0.15, 0.2) is 9.21 Å². The van der Waals surface area contributed by atoms with Crippen molar-refractivity contribution >= 4 is 31.9 Å². The molecule has 11 heavy (non-hydrogen) atoms. The van der Waals surface area contributed by atoms with E-state index in [9.17, 15) is 0 Å². The minimum Gasteiger partial charge on any atom is -0.322 e. The highest BCUT2D eigenvalue weighted by molar-refractivity contribution is 9.13. The van der Waals surface area contributed by atoms with E-state index in [1.165, 1.54) is 0 Å². The van der Waals surface area contributed by atoms with Crippen LogP contribution in [-0.4, -0.2) is 9.55 Å². The van der Waals surface area contributed by atoms with Gasteiger partial charge >= 0.3 is 0 Å². The van der Waals surface area contributed by atoms with Gasteiger partial charge in [0.2, 0.25) is 0 Å². The van der Waals surface area contributed by atoms with Crippen LogP contribution in [0.25, 0.3) is 0 Å². The number of aryl methyl sites for hydroxylation is 1. The molecule has 1 aromatic heterocycles. The highest BCUT2D eigenvalue weighted by Gasteiger charge is 2.09. The zero-order valence-electron chi connectivity index (χ0n) is 6.56. The van der Waals surface area contributed by atoms with E-state index >= 15 is 0 Å². The molecule has 2 nitrogen and oxygen atoms in total. The molecule has 0 aliphatic rings. The molecule has 0 atom stereocenters. The average molecular weight is 282 g/mol. The molecule has 0 fully saturated rings. The maximum Gasteiger partial charge on any atom is 0.139 e. The van der Waals surface area contributed by atoms with E-state index in [1.807, 2.05) is 0 Å². The maximum atomic E-state index is 4.33. The smallest absolute Gasteiger partial charge is 0.139 e. The molecule has 0 aromatic carbocycles. The molecule has 0 unspecified atom stereocenters. The predicted molar refractivity (Wildman–Crippen MR) is 52.7 cm³/mol. The third-order valence-electron chi connectivity index (χ3n) is 1.58. The zero-order valence-corrected chi connectivity index (χ0v) is 9.74. The van der Waals surface area contributed by atoms with Gasteiger partial charge in [0.05, 0.1) is 0 Å². The van der Waals surface area contributed by atoms with Gasteiger partial charge in [0.1, 0.15) is 15.0 Å². The Morgan fingerprint density at radius 1 is 1.36 bits per heavy atom. The number of halogens is 2. The molecular formula is C7H10Br2N2. The van der Waals surface area contributed by atoms with Crippen molar-refractivity contribution < 1.29 is 0 Å². The Balaban J connectivity index is 3.15. The second-order valence-electron chi connectivity index (χ2n) is 2.21. The van der Waals surface area contributed by atoms with Crippen molar-refractivity contribution in [2.24, 2.45) is 0 Å². The molecule has 0 saturated heterocycles. The van der Waals surface area contributed by atoms with Crippen molar-refractivity contribution in [3.05, 3.63) is 15.0 Å². The molecule has 0 radical (unpaired) electrons. The number of rotatable bonds is 2. The molecule has 0 saturated carbocycles. The van der Waals surface area contributed by atoms with Crippen molar-refractivity contribution in [3.8, 4) is 0 Å². The molecule has 0 amide bonds.